The summed E-state index contributed by atoms with van der Waals surface area (Å²) in [6.45, 7) is 6.52. The molecule has 0 bridgehead atoms. The number of esters is 3. The number of carbonyl (C=O) groups excluding carboxylic acids is 3. The van der Waals surface area contributed by atoms with Crippen LogP contribution in [0, 0.1) is 0 Å². The van der Waals surface area contributed by atoms with Gasteiger partial charge in [-0.25, -0.2) is 0 Å². The molecule has 0 aromatic rings. The van der Waals surface area contributed by atoms with Gasteiger partial charge in [-0.3, -0.25) is 14.4 Å². The number of hydrogen-bond donors (Lipinski definition) is 0. The Morgan fingerprint density at radius 2 is 0.565 bits per heavy atom. The van der Waals surface area contributed by atoms with Crippen LogP contribution in [0.4, 0.5) is 0 Å². The number of carbonyl (C=O) groups is 3. The van der Waals surface area contributed by atoms with Gasteiger partial charge in [0.05, 0.1) is 0 Å². The van der Waals surface area contributed by atoms with Gasteiger partial charge >= 0.3 is 17.9 Å². The first-order valence-electron chi connectivity index (χ1n) is 29.8. The van der Waals surface area contributed by atoms with Crippen LogP contribution in [0.15, 0.2) is 60.8 Å². The van der Waals surface area contributed by atoms with E-state index in [1.165, 1.54) is 161 Å². The molecule has 0 spiro atoms. The fourth-order valence-electron chi connectivity index (χ4n) is 8.55. The van der Waals surface area contributed by atoms with Gasteiger partial charge < -0.3 is 14.2 Å². The molecule has 0 heterocycles. The van der Waals surface area contributed by atoms with Crippen molar-refractivity contribution in [3.05, 3.63) is 60.8 Å². The Kier molecular flexibility index (Phi) is 55.3. The molecule has 1 atom stereocenters. The van der Waals surface area contributed by atoms with E-state index in [4.69, 9.17) is 14.2 Å². The van der Waals surface area contributed by atoms with Crippen LogP contribution in [0.25, 0.3) is 0 Å². The highest BCUT2D eigenvalue weighted by Gasteiger charge is 2.19. The van der Waals surface area contributed by atoms with Crippen molar-refractivity contribution in [2.24, 2.45) is 0 Å². The zero-order valence-electron chi connectivity index (χ0n) is 45.8. The van der Waals surface area contributed by atoms with E-state index in [-0.39, 0.29) is 31.1 Å². The van der Waals surface area contributed by atoms with Crippen LogP contribution in [0.1, 0.15) is 303 Å². The zero-order valence-corrected chi connectivity index (χ0v) is 45.8. The third-order valence-electron chi connectivity index (χ3n) is 13.0. The van der Waals surface area contributed by atoms with Crippen LogP contribution in [-0.2, 0) is 28.6 Å². The van der Waals surface area contributed by atoms with Crippen molar-refractivity contribution in [3.63, 3.8) is 0 Å². The van der Waals surface area contributed by atoms with Crippen LogP contribution < -0.4 is 0 Å². The number of hydrogen-bond acceptors (Lipinski definition) is 6. The van der Waals surface area contributed by atoms with E-state index in [2.05, 4.69) is 81.5 Å². The summed E-state index contributed by atoms with van der Waals surface area (Å²) in [6, 6.07) is 0. The fraction of sp³-hybridized carbons (Fsp3) is 0.794. The van der Waals surface area contributed by atoms with Crippen molar-refractivity contribution in [1.82, 2.24) is 0 Å². The van der Waals surface area contributed by atoms with Crippen molar-refractivity contribution < 1.29 is 28.6 Å². The summed E-state index contributed by atoms with van der Waals surface area (Å²) >= 11 is 0. The van der Waals surface area contributed by atoms with Crippen molar-refractivity contribution in [2.75, 3.05) is 13.2 Å². The standard InChI is InChI=1S/C63H112O6/c1-4-7-10-13-16-19-22-25-28-30-31-33-35-38-41-44-47-50-53-56-62(65)68-59-60(58-67-61(64)55-52-49-46-43-40-37-34-27-24-21-18-15-12-9-6-3)69-63(66)57-54-51-48-45-42-39-36-32-29-26-23-20-17-14-11-8-5-2/h9,12,16,18-19,21,25,27-28,34,60H,4-8,10-11,13-15,17,20,22-24,26,29-33,35-59H2,1-3H3/b12-9-,19-16-,21-18-,28-25-,34-27-. The van der Waals surface area contributed by atoms with Crippen LogP contribution in [0.5, 0.6) is 0 Å². The quantitative estimate of drug-likeness (QED) is 0.0262. The van der Waals surface area contributed by atoms with Crippen LogP contribution >= 0.6 is 0 Å². The highest BCUT2D eigenvalue weighted by molar-refractivity contribution is 5.71. The van der Waals surface area contributed by atoms with Crippen LogP contribution in [0.2, 0.25) is 0 Å². The molecular weight excluding hydrogens is 853 g/mol. The molecule has 0 aliphatic carbocycles. The Bertz CT molecular complexity index is 1250. The van der Waals surface area contributed by atoms with Crippen molar-refractivity contribution in [1.29, 1.82) is 0 Å². The maximum atomic E-state index is 12.9. The second-order valence-electron chi connectivity index (χ2n) is 19.9. The zero-order chi connectivity index (χ0) is 50.0. The maximum Gasteiger partial charge on any atom is 0.306 e. The minimum absolute atomic E-state index is 0.0795. The van der Waals surface area contributed by atoms with Gasteiger partial charge in [0.1, 0.15) is 13.2 Å². The van der Waals surface area contributed by atoms with E-state index < -0.39 is 6.10 Å². The third-order valence-corrected chi connectivity index (χ3v) is 13.0. The van der Waals surface area contributed by atoms with Crippen molar-refractivity contribution >= 4 is 17.9 Å². The van der Waals surface area contributed by atoms with E-state index in [9.17, 15) is 14.4 Å². The Balaban J connectivity index is 4.37. The lowest BCUT2D eigenvalue weighted by molar-refractivity contribution is -0.167. The fourth-order valence-corrected chi connectivity index (χ4v) is 8.55. The summed E-state index contributed by atoms with van der Waals surface area (Å²) in [7, 11) is 0. The van der Waals surface area contributed by atoms with E-state index >= 15 is 0 Å². The van der Waals surface area contributed by atoms with E-state index in [1.54, 1.807) is 0 Å². The summed E-state index contributed by atoms with van der Waals surface area (Å²) in [4.78, 5) is 38.2. The SMILES string of the molecule is CC/C=C\C/C=C\C/C=C\CCCCCCCC(=O)OCC(COC(=O)CCCCCCCCCCC/C=C\C/C=C\CCCCC)OC(=O)CCCCCCCCCCCCCCCCCCC. The van der Waals surface area contributed by atoms with Crippen LogP contribution in [-0.4, -0.2) is 37.2 Å². The first-order chi connectivity index (χ1) is 34.0. The molecule has 0 rings (SSSR count). The smallest absolute Gasteiger partial charge is 0.306 e. The average molecular weight is 966 g/mol. The molecule has 6 nitrogen and oxygen atoms in total. The van der Waals surface area contributed by atoms with Gasteiger partial charge in [0.2, 0.25) is 0 Å². The number of rotatable bonds is 54. The first-order valence-corrected chi connectivity index (χ1v) is 29.8. The molecule has 0 aromatic heterocycles. The van der Waals surface area contributed by atoms with E-state index in [0.717, 1.165) is 103 Å². The van der Waals surface area contributed by atoms with Gasteiger partial charge in [-0.1, -0.05) is 261 Å². The predicted molar refractivity (Wildman–Crippen MR) is 298 cm³/mol. The summed E-state index contributed by atoms with van der Waals surface area (Å²) in [5.74, 6) is -0.885. The summed E-state index contributed by atoms with van der Waals surface area (Å²) in [5.41, 5.74) is 0. The second-order valence-corrected chi connectivity index (χ2v) is 19.9. The molecule has 400 valence electrons. The molecule has 0 aromatic carbocycles. The van der Waals surface area contributed by atoms with Crippen molar-refractivity contribution in [2.45, 2.75) is 309 Å². The molecule has 0 aliphatic heterocycles. The molecule has 69 heavy (non-hydrogen) atoms. The molecule has 0 saturated carbocycles. The Morgan fingerprint density at radius 1 is 0.304 bits per heavy atom. The normalized spacial score (nSPS) is 12.4. The molecule has 6 heteroatoms. The van der Waals surface area contributed by atoms with E-state index in [1.807, 2.05) is 0 Å². The van der Waals surface area contributed by atoms with Gasteiger partial charge in [0.25, 0.3) is 0 Å². The molecule has 0 saturated heterocycles. The molecule has 1 unspecified atom stereocenters. The van der Waals surface area contributed by atoms with Gasteiger partial charge in [0, 0.05) is 19.3 Å². The second kappa shape index (κ2) is 57.7. The maximum absolute atomic E-state index is 12.9. The van der Waals surface area contributed by atoms with Gasteiger partial charge in [-0.15, -0.1) is 0 Å². The lowest BCUT2D eigenvalue weighted by Crippen LogP contribution is -2.30. The van der Waals surface area contributed by atoms with E-state index in [0.29, 0.717) is 19.3 Å². The van der Waals surface area contributed by atoms with Crippen LogP contribution in [0.3, 0.4) is 0 Å². The molecule has 0 fully saturated rings. The number of allylic oxidation sites excluding steroid dienone is 10. The third kappa shape index (κ3) is 55.9. The largest absolute Gasteiger partial charge is 0.462 e. The minimum Gasteiger partial charge on any atom is -0.462 e. The molecule has 0 N–H and O–H groups in total. The molecule has 0 amide bonds. The van der Waals surface area contributed by atoms with Gasteiger partial charge in [-0.2, -0.15) is 0 Å². The summed E-state index contributed by atoms with van der Waals surface area (Å²) < 4.78 is 16.9. The average Bonchev–Trinajstić information content (AvgIpc) is 3.35. The van der Waals surface area contributed by atoms with Gasteiger partial charge in [0.15, 0.2) is 6.10 Å². The molecule has 0 aliphatic rings. The number of unbranched alkanes of at least 4 members (excludes halogenated alkanes) is 33. The Hall–Kier alpha value is -2.89. The first kappa shape index (κ1) is 66.1. The monoisotopic (exact) mass is 965 g/mol. The lowest BCUT2D eigenvalue weighted by Gasteiger charge is -2.18. The highest BCUT2D eigenvalue weighted by Crippen LogP contribution is 2.16. The molecule has 0 radical (unpaired) electrons. The van der Waals surface area contributed by atoms with Gasteiger partial charge in [-0.05, 0) is 83.5 Å². The molecular formula is C63H112O6. The highest BCUT2D eigenvalue weighted by atomic mass is 16.6. The number of ether oxygens (including phenoxy) is 3. The van der Waals surface area contributed by atoms with Crippen molar-refractivity contribution in [3.8, 4) is 0 Å². The predicted octanol–water partition coefficient (Wildman–Crippen LogP) is 20.0. The Morgan fingerprint density at radius 3 is 0.913 bits per heavy atom. The minimum atomic E-state index is -0.782. The summed E-state index contributed by atoms with van der Waals surface area (Å²) in [5, 5.41) is 0. The topological polar surface area (TPSA) is 78.9 Å². The lowest BCUT2D eigenvalue weighted by atomic mass is 10.0. The summed E-state index contributed by atoms with van der Waals surface area (Å²) in [6.07, 6.45) is 72.1. The Labute approximate surface area is 428 Å².